The molecule has 26 heavy (non-hydrogen) atoms. The Kier molecular flexibility index (Phi) is 3.95. The van der Waals surface area contributed by atoms with Gasteiger partial charge in [0.05, 0.1) is 23.3 Å². The summed E-state index contributed by atoms with van der Waals surface area (Å²) in [5.41, 5.74) is 2.29. The lowest BCUT2D eigenvalue weighted by molar-refractivity contribution is -0.115. The summed E-state index contributed by atoms with van der Waals surface area (Å²) in [4.78, 5) is 30.5. The Balaban J connectivity index is 1.52. The molecule has 0 fully saturated rings. The number of fused-ring (bicyclic) bond motifs is 2. The molecule has 1 aliphatic heterocycles. The van der Waals surface area contributed by atoms with Gasteiger partial charge in [0, 0.05) is 18.3 Å². The van der Waals surface area contributed by atoms with E-state index < -0.39 is 11.6 Å². The fourth-order valence-electron chi connectivity index (χ4n) is 3.38. The van der Waals surface area contributed by atoms with Crippen LogP contribution >= 0.6 is 0 Å². The van der Waals surface area contributed by atoms with Crippen molar-refractivity contribution >= 4 is 28.3 Å². The molecule has 0 bridgehead atoms. The zero-order chi connectivity index (χ0) is 18.3. The van der Waals surface area contributed by atoms with E-state index in [1.54, 1.807) is 23.1 Å². The second-order valence-electron chi connectivity index (χ2n) is 6.31. The van der Waals surface area contributed by atoms with Crippen LogP contribution in [0.3, 0.4) is 0 Å². The Labute approximate surface area is 146 Å². The first-order valence-electron chi connectivity index (χ1n) is 8.24. The molecule has 4 rings (SSSR count). The van der Waals surface area contributed by atoms with Gasteiger partial charge in [0.15, 0.2) is 0 Å². The van der Waals surface area contributed by atoms with E-state index in [2.05, 4.69) is 15.3 Å². The highest BCUT2D eigenvalue weighted by Crippen LogP contribution is 2.30. The maximum absolute atomic E-state index is 14.2. The van der Waals surface area contributed by atoms with Crippen molar-refractivity contribution in [2.24, 2.45) is 0 Å². The number of amides is 1. The summed E-state index contributed by atoms with van der Waals surface area (Å²) in [6.45, 7) is 0.477. The van der Waals surface area contributed by atoms with Crippen LogP contribution in [-0.4, -0.2) is 29.0 Å². The molecule has 134 valence electrons. The Morgan fingerprint density at radius 3 is 2.81 bits per heavy atom. The fraction of sp³-hybridized carbons (Fsp3) is 0.222. The van der Waals surface area contributed by atoms with E-state index in [0.717, 1.165) is 12.5 Å². The van der Waals surface area contributed by atoms with Crippen LogP contribution in [0.25, 0.3) is 11.0 Å². The van der Waals surface area contributed by atoms with Crippen molar-refractivity contribution in [2.45, 2.75) is 12.8 Å². The second-order valence-corrected chi connectivity index (χ2v) is 6.31. The van der Waals surface area contributed by atoms with Gasteiger partial charge in [-0.05, 0) is 42.7 Å². The van der Waals surface area contributed by atoms with Crippen LogP contribution in [0.2, 0.25) is 0 Å². The number of aryl methyl sites for hydroxylation is 1. The third-order valence-electron chi connectivity index (χ3n) is 4.43. The van der Waals surface area contributed by atoms with Crippen molar-refractivity contribution < 1.29 is 13.6 Å². The third-order valence-corrected chi connectivity index (χ3v) is 4.43. The van der Waals surface area contributed by atoms with Gasteiger partial charge >= 0.3 is 5.69 Å². The molecule has 0 aliphatic carbocycles. The van der Waals surface area contributed by atoms with Crippen molar-refractivity contribution in [2.75, 3.05) is 23.3 Å². The van der Waals surface area contributed by atoms with Crippen LogP contribution in [0.15, 0.2) is 35.1 Å². The molecule has 0 radical (unpaired) electrons. The number of rotatable bonds is 3. The topological polar surface area (TPSA) is 81.0 Å². The first kappa shape index (κ1) is 16.3. The summed E-state index contributed by atoms with van der Waals surface area (Å²) in [5.74, 6) is -1.58. The molecule has 1 aliphatic rings. The van der Waals surface area contributed by atoms with Gasteiger partial charge in [-0.25, -0.2) is 13.6 Å². The maximum Gasteiger partial charge on any atom is 0.323 e. The van der Waals surface area contributed by atoms with E-state index in [1.807, 2.05) is 0 Å². The standard InChI is InChI=1S/C18H16F2N4O2/c19-11-6-10-2-1-5-24(17(10)13(20)7-11)9-16(25)21-12-3-4-14-15(8-12)23-18(26)22-14/h3-4,6-8H,1-2,5,9H2,(H,21,25)(H2,22,23,26). The van der Waals surface area contributed by atoms with Gasteiger partial charge in [-0.2, -0.15) is 0 Å². The molecule has 0 spiro atoms. The molecule has 0 saturated heterocycles. The van der Waals surface area contributed by atoms with Crippen molar-refractivity contribution in [3.8, 4) is 0 Å². The summed E-state index contributed by atoms with van der Waals surface area (Å²) in [6.07, 6.45) is 1.30. The van der Waals surface area contributed by atoms with E-state index >= 15 is 0 Å². The molecule has 1 amide bonds. The number of imidazole rings is 1. The number of nitrogens with one attached hydrogen (secondary N) is 3. The van der Waals surface area contributed by atoms with Crippen LogP contribution in [0.1, 0.15) is 12.0 Å². The number of carbonyl (C=O) groups excluding carboxylic acids is 1. The fourth-order valence-corrected chi connectivity index (χ4v) is 3.38. The smallest absolute Gasteiger partial charge is 0.323 e. The lowest BCUT2D eigenvalue weighted by atomic mass is 10.0. The Bertz CT molecular complexity index is 1060. The van der Waals surface area contributed by atoms with Crippen LogP contribution < -0.4 is 15.9 Å². The van der Waals surface area contributed by atoms with E-state index in [4.69, 9.17) is 0 Å². The number of hydrogen-bond acceptors (Lipinski definition) is 3. The first-order valence-corrected chi connectivity index (χ1v) is 8.24. The number of halogens is 2. The predicted octanol–water partition coefficient (Wildman–Crippen LogP) is 2.53. The van der Waals surface area contributed by atoms with Gasteiger partial charge in [0.25, 0.3) is 0 Å². The molecule has 6 nitrogen and oxygen atoms in total. The highest BCUT2D eigenvalue weighted by Gasteiger charge is 2.23. The summed E-state index contributed by atoms with van der Waals surface area (Å²) >= 11 is 0. The van der Waals surface area contributed by atoms with Gasteiger partial charge in [-0.15, -0.1) is 0 Å². The van der Waals surface area contributed by atoms with E-state index in [9.17, 15) is 18.4 Å². The summed E-state index contributed by atoms with van der Waals surface area (Å²) < 4.78 is 27.6. The molecule has 2 heterocycles. The maximum atomic E-state index is 14.2. The lowest BCUT2D eigenvalue weighted by Gasteiger charge is -2.31. The van der Waals surface area contributed by atoms with Gasteiger partial charge < -0.3 is 20.2 Å². The molecular formula is C18H16F2N4O2. The van der Waals surface area contributed by atoms with Gasteiger partial charge in [0.1, 0.15) is 11.6 Å². The minimum absolute atomic E-state index is 0.0444. The molecule has 2 aromatic carbocycles. The SMILES string of the molecule is O=C(CN1CCCc2cc(F)cc(F)c21)Nc1ccc2[nH]c(=O)[nH]c2c1. The molecule has 0 saturated carbocycles. The quantitative estimate of drug-likeness (QED) is 0.673. The van der Waals surface area contributed by atoms with Crippen molar-refractivity contribution in [3.63, 3.8) is 0 Å². The van der Waals surface area contributed by atoms with E-state index in [-0.39, 0.29) is 18.1 Å². The molecule has 0 atom stereocenters. The van der Waals surface area contributed by atoms with Crippen LogP contribution in [-0.2, 0) is 11.2 Å². The van der Waals surface area contributed by atoms with Crippen LogP contribution in [0.5, 0.6) is 0 Å². The summed E-state index contributed by atoms with van der Waals surface area (Å²) in [5, 5.41) is 2.74. The number of anilines is 2. The van der Waals surface area contributed by atoms with Crippen LogP contribution in [0.4, 0.5) is 20.2 Å². The average molecular weight is 358 g/mol. The molecule has 3 N–H and O–H groups in total. The monoisotopic (exact) mass is 358 g/mol. The highest BCUT2D eigenvalue weighted by molar-refractivity contribution is 5.96. The number of benzene rings is 2. The molecule has 3 aromatic rings. The number of nitrogens with zero attached hydrogens (tertiary/aromatic N) is 1. The minimum Gasteiger partial charge on any atom is -0.360 e. The first-order chi connectivity index (χ1) is 12.5. The average Bonchev–Trinajstić information content (AvgIpc) is 2.93. The van der Waals surface area contributed by atoms with Crippen molar-refractivity contribution in [1.82, 2.24) is 9.97 Å². The van der Waals surface area contributed by atoms with E-state index in [0.29, 0.717) is 40.9 Å². The van der Waals surface area contributed by atoms with Crippen molar-refractivity contribution in [3.05, 3.63) is 58.0 Å². The normalized spacial score (nSPS) is 13.7. The second kappa shape index (κ2) is 6.29. The number of aromatic nitrogens is 2. The van der Waals surface area contributed by atoms with Crippen molar-refractivity contribution in [1.29, 1.82) is 0 Å². The zero-order valence-corrected chi connectivity index (χ0v) is 13.7. The summed E-state index contributed by atoms with van der Waals surface area (Å²) in [6, 6.07) is 7.15. The Morgan fingerprint density at radius 1 is 1.15 bits per heavy atom. The Morgan fingerprint density at radius 2 is 1.96 bits per heavy atom. The largest absolute Gasteiger partial charge is 0.360 e. The third kappa shape index (κ3) is 3.05. The molecular weight excluding hydrogens is 342 g/mol. The number of carbonyl (C=O) groups is 1. The zero-order valence-electron chi connectivity index (χ0n) is 13.7. The molecule has 0 unspecified atom stereocenters. The van der Waals surface area contributed by atoms with Crippen LogP contribution in [0, 0.1) is 11.6 Å². The van der Waals surface area contributed by atoms with Gasteiger partial charge in [0.2, 0.25) is 5.91 Å². The minimum atomic E-state index is -0.654. The van der Waals surface area contributed by atoms with Gasteiger partial charge in [-0.1, -0.05) is 0 Å². The molecule has 1 aromatic heterocycles. The molecule has 8 heteroatoms. The summed E-state index contributed by atoms with van der Waals surface area (Å²) in [7, 11) is 0. The van der Waals surface area contributed by atoms with Gasteiger partial charge in [-0.3, -0.25) is 4.79 Å². The Hall–Kier alpha value is -3.16. The number of H-pyrrole nitrogens is 2. The predicted molar refractivity (Wildman–Crippen MR) is 94.4 cm³/mol. The lowest BCUT2D eigenvalue weighted by Crippen LogP contribution is -2.37. The number of hydrogen-bond donors (Lipinski definition) is 3. The highest BCUT2D eigenvalue weighted by atomic mass is 19.1. The number of aromatic amines is 2. The van der Waals surface area contributed by atoms with E-state index in [1.165, 1.54) is 6.07 Å².